The van der Waals surface area contributed by atoms with Gasteiger partial charge in [-0.1, -0.05) is 46.9 Å². The van der Waals surface area contributed by atoms with E-state index in [9.17, 15) is 4.79 Å². The molecule has 204 valence electrons. The van der Waals surface area contributed by atoms with Crippen LogP contribution in [-0.4, -0.2) is 57.7 Å². The summed E-state index contributed by atoms with van der Waals surface area (Å²) in [7, 11) is 0. The minimum atomic E-state index is -0.0173. The molecule has 5 aliphatic rings. The topological polar surface area (TPSA) is 41.4 Å². The van der Waals surface area contributed by atoms with Crippen LogP contribution in [0.15, 0.2) is 42.5 Å². The molecule has 5 nitrogen and oxygen atoms in total. The van der Waals surface area contributed by atoms with Gasteiger partial charge in [0.1, 0.15) is 0 Å². The van der Waals surface area contributed by atoms with Gasteiger partial charge in [0.25, 0.3) is 5.91 Å². The maximum Gasteiger partial charge on any atom is 0.274 e. The second kappa shape index (κ2) is 10.1. The van der Waals surface area contributed by atoms with E-state index in [-0.39, 0.29) is 5.91 Å². The number of carbonyl (C=O) groups excluding carboxylic acids is 1. The summed E-state index contributed by atoms with van der Waals surface area (Å²) >= 11 is 19.0. The van der Waals surface area contributed by atoms with Crippen molar-refractivity contribution in [2.24, 2.45) is 23.7 Å². The summed E-state index contributed by atoms with van der Waals surface area (Å²) in [5, 5.41) is 6.54. The molecule has 0 atom stereocenters. The molecule has 39 heavy (non-hydrogen) atoms. The van der Waals surface area contributed by atoms with E-state index in [1.54, 1.807) is 16.8 Å². The summed E-state index contributed by atoms with van der Waals surface area (Å²) in [6.45, 7) is 5.35. The summed E-state index contributed by atoms with van der Waals surface area (Å²) in [5.41, 5.74) is 3.72. The molecular weight excluding hydrogens is 551 g/mol. The normalized spacial score (nSPS) is 28.3. The van der Waals surface area contributed by atoms with Crippen molar-refractivity contribution < 1.29 is 4.79 Å². The number of nitrogens with zero attached hydrogens (tertiary/aromatic N) is 4. The van der Waals surface area contributed by atoms with Crippen LogP contribution in [0.25, 0.3) is 16.9 Å². The summed E-state index contributed by atoms with van der Waals surface area (Å²) < 4.78 is 1.77. The van der Waals surface area contributed by atoms with Crippen molar-refractivity contribution in [2.45, 2.75) is 45.1 Å². The third-order valence-electron chi connectivity index (χ3n) is 9.78. The fourth-order valence-corrected chi connectivity index (χ4v) is 8.95. The second-order valence-electron chi connectivity index (χ2n) is 12.1. The molecule has 5 fully saturated rings. The van der Waals surface area contributed by atoms with E-state index in [2.05, 4.69) is 4.90 Å². The first kappa shape index (κ1) is 25.9. The Morgan fingerprint density at radius 2 is 1.44 bits per heavy atom. The molecule has 0 spiro atoms. The molecule has 0 N–H and O–H groups in total. The van der Waals surface area contributed by atoms with Crippen molar-refractivity contribution in [3.63, 3.8) is 0 Å². The fourth-order valence-electron chi connectivity index (χ4n) is 8.34. The van der Waals surface area contributed by atoms with Crippen molar-refractivity contribution in [1.82, 2.24) is 19.6 Å². The van der Waals surface area contributed by atoms with Crippen LogP contribution in [0.4, 0.5) is 0 Å². The fraction of sp³-hybridized carbons (Fsp3) is 0.484. The largest absolute Gasteiger partial charge is 0.335 e. The van der Waals surface area contributed by atoms with E-state index >= 15 is 0 Å². The van der Waals surface area contributed by atoms with E-state index in [0.29, 0.717) is 26.4 Å². The molecule has 1 amide bonds. The first-order chi connectivity index (χ1) is 18.9. The Kier molecular flexibility index (Phi) is 6.70. The summed E-state index contributed by atoms with van der Waals surface area (Å²) in [5.74, 6) is 3.68. The van der Waals surface area contributed by atoms with Gasteiger partial charge in [-0.2, -0.15) is 5.10 Å². The SMILES string of the molecule is Cc1c(C(=O)N2CCN(C3C4CC5CC(C4)CC3C5)CC2)nn(-c2ccc(Cl)cc2Cl)c1-c1ccc(Cl)cc1. The van der Waals surface area contributed by atoms with Gasteiger partial charge in [-0.15, -0.1) is 0 Å². The Balaban J connectivity index is 1.15. The van der Waals surface area contributed by atoms with Gasteiger partial charge in [0.2, 0.25) is 0 Å². The molecule has 1 saturated heterocycles. The zero-order valence-electron chi connectivity index (χ0n) is 22.1. The van der Waals surface area contributed by atoms with E-state index < -0.39 is 0 Å². The number of rotatable bonds is 4. The molecule has 8 heteroatoms. The summed E-state index contributed by atoms with van der Waals surface area (Å²) in [4.78, 5) is 18.6. The minimum absolute atomic E-state index is 0.0173. The van der Waals surface area contributed by atoms with Crippen molar-refractivity contribution in [2.75, 3.05) is 26.2 Å². The highest BCUT2D eigenvalue weighted by Crippen LogP contribution is 2.55. The summed E-state index contributed by atoms with van der Waals surface area (Å²) in [6, 6.07) is 13.6. The number of aromatic nitrogens is 2. The number of hydrogen-bond donors (Lipinski definition) is 0. The molecule has 0 radical (unpaired) electrons. The average Bonchev–Trinajstić information content (AvgIpc) is 3.25. The highest BCUT2D eigenvalue weighted by Gasteiger charge is 2.50. The quantitative estimate of drug-likeness (QED) is 0.322. The van der Waals surface area contributed by atoms with Gasteiger partial charge in [-0.05, 0) is 93.0 Å². The maximum atomic E-state index is 13.9. The van der Waals surface area contributed by atoms with Crippen LogP contribution in [0.2, 0.25) is 15.1 Å². The number of halogens is 3. The molecule has 1 aromatic heterocycles. The first-order valence-corrected chi connectivity index (χ1v) is 15.3. The van der Waals surface area contributed by atoms with Gasteiger partial charge < -0.3 is 4.90 Å². The monoisotopic (exact) mass is 582 g/mol. The molecular formula is C31H33Cl3N4O. The van der Waals surface area contributed by atoms with Crippen molar-refractivity contribution in [1.29, 1.82) is 0 Å². The molecule has 2 heterocycles. The predicted octanol–water partition coefficient (Wildman–Crippen LogP) is 7.39. The van der Waals surface area contributed by atoms with Crippen LogP contribution in [0.1, 0.15) is 48.2 Å². The molecule has 0 unspecified atom stereocenters. The molecule has 4 saturated carbocycles. The van der Waals surface area contributed by atoms with E-state index in [0.717, 1.165) is 72.7 Å². The molecule has 8 rings (SSSR count). The Bertz CT molecular complexity index is 1380. The van der Waals surface area contributed by atoms with Crippen LogP contribution in [0.5, 0.6) is 0 Å². The molecule has 1 aliphatic heterocycles. The molecule has 2 aromatic carbocycles. The van der Waals surface area contributed by atoms with Crippen LogP contribution in [0.3, 0.4) is 0 Å². The van der Waals surface area contributed by atoms with E-state index in [4.69, 9.17) is 39.9 Å². The van der Waals surface area contributed by atoms with Crippen molar-refractivity contribution >= 4 is 40.7 Å². The number of carbonyl (C=O) groups is 1. The van der Waals surface area contributed by atoms with Crippen LogP contribution in [-0.2, 0) is 0 Å². The number of amides is 1. The van der Waals surface area contributed by atoms with Gasteiger partial charge in [-0.3, -0.25) is 9.69 Å². The first-order valence-electron chi connectivity index (χ1n) is 14.2. The van der Waals surface area contributed by atoms with E-state index in [1.165, 1.54) is 32.1 Å². The van der Waals surface area contributed by atoms with Crippen LogP contribution >= 0.6 is 34.8 Å². The van der Waals surface area contributed by atoms with E-state index in [1.807, 2.05) is 42.2 Å². The smallest absolute Gasteiger partial charge is 0.274 e. The number of hydrogen-bond acceptors (Lipinski definition) is 3. The molecule has 3 aromatic rings. The van der Waals surface area contributed by atoms with Gasteiger partial charge >= 0.3 is 0 Å². The third kappa shape index (κ3) is 4.60. The lowest BCUT2D eigenvalue weighted by molar-refractivity contribution is -0.0743. The Hall–Kier alpha value is -2.05. The Labute approximate surface area is 245 Å². The second-order valence-corrected chi connectivity index (χ2v) is 13.4. The lowest BCUT2D eigenvalue weighted by Gasteiger charge is -2.58. The molecule has 4 bridgehead atoms. The average molecular weight is 584 g/mol. The van der Waals surface area contributed by atoms with Gasteiger partial charge in [0.05, 0.1) is 16.4 Å². The third-order valence-corrected chi connectivity index (χ3v) is 10.6. The van der Waals surface area contributed by atoms with Gasteiger partial charge in [0.15, 0.2) is 5.69 Å². The van der Waals surface area contributed by atoms with Gasteiger partial charge in [0, 0.05) is 53.4 Å². The van der Waals surface area contributed by atoms with Gasteiger partial charge in [-0.25, -0.2) is 4.68 Å². The maximum absolute atomic E-state index is 13.9. The zero-order chi connectivity index (χ0) is 26.8. The number of piperazine rings is 1. The van der Waals surface area contributed by atoms with Crippen LogP contribution < -0.4 is 0 Å². The van der Waals surface area contributed by atoms with Crippen LogP contribution in [0, 0.1) is 30.6 Å². The predicted molar refractivity (Wildman–Crippen MR) is 157 cm³/mol. The highest BCUT2D eigenvalue weighted by atomic mass is 35.5. The zero-order valence-corrected chi connectivity index (χ0v) is 24.4. The Morgan fingerprint density at radius 3 is 2.05 bits per heavy atom. The minimum Gasteiger partial charge on any atom is -0.335 e. The highest BCUT2D eigenvalue weighted by molar-refractivity contribution is 6.35. The van der Waals surface area contributed by atoms with Crippen molar-refractivity contribution in [3.8, 4) is 16.9 Å². The lowest BCUT2D eigenvalue weighted by Crippen LogP contribution is -2.60. The standard InChI is InChI=1S/C31H33Cl3N4O/c1-18-28(35-38(27-7-6-25(33)17-26(27)34)29(18)21-2-4-24(32)5-3-21)31(39)37-10-8-36(9-11-37)30-22-13-19-12-20(15-22)16-23(30)14-19/h2-7,17,19-20,22-23,30H,8-16H2,1H3. The molecule has 4 aliphatic carbocycles. The Morgan fingerprint density at radius 1 is 0.821 bits per heavy atom. The lowest BCUT2D eigenvalue weighted by atomic mass is 9.54. The van der Waals surface area contributed by atoms with Crippen molar-refractivity contribution in [3.05, 3.63) is 68.8 Å². The summed E-state index contributed by atoms with van der Waals surface area (Å²) in [6.07, 6.45) is 7.18. The number of benzene rings is 2.